The van der Waals surface area contributed by atoms with Gasteiger partial charge in [0.2, 0.25) is 5.76 Å². The van der Waals surface area contributed by atoms with Gasteiger partial charge in [-0.25, -0.2) is 0 Å². The summed E-state index contributed by atoms with van der Waals surface area (Å²) in [6, 6.07) is 21.3. The van der Waals surface area contributed by atoms with Crippen molar-refractivity contribution in [3.63, 3.8) is 0 Å². The van der Waals surface area contributed by atoms with Gasteiger partial charge in [-0.2, -0.15) is 5.10 Å². The monoisotopic (exact) mass is 466 g/mol. The number of amides is 2. The summed E-state index contributed by atoms with van der Waals surface area (Å²) >= 11 is 0. The SMILES string of the molecule is Cc1cccc(NC(=O)c2oc3ccccc3c2NC(=O)c2cc(-c3cccc(C)c3O)n[nH]2)c1. The lowest BCUT2D eigenvalue weighted by Gasteiger charge is -2.07. The van der Waals surface area contributed by atoms with Crippen molar-refractivity contribution in [2.45, 2.75) is 13.8 Å². The summed E-state index contributed by atoms with van der Waals surface area (Å²) < 4.78 is 5.82. The topological polar surface area (TPSA) is 120 Å². The van der Waals surface area contributed by atoms with Gasteiger partial charge in [-0.1, -0.05) is 36.4 Å². The molecular weight excluding hydrogens is 444 g/mol. The van der Waals surface area contributed by atoms with Gasteiger partial charge < -0.3 is 20.2 Å². The minimum Gasteiger partial charge on any atom is -0.507 e. The highest BCUT2D eigenvalue weighted by Crippen LogP contribution is 2.33. The number of nitrogens with zero attached hydrogens (tertiary/aromatic N) is 1. The number of benzene rings is 3. The first kappa shape index (κ1) is 22.0. The number of aromatic hydroxyl groups is 1. The van der Waals surface area contributed by atoms with Crippen molar-refractivity contribution in [2.75, 3.05) is 10.6 Å². The Morgan fingerprint density at radius 3 is 2.54 bits per heavy atom. The minimum atomic E-state index is -0.507. The molecule has 5 aromatic rings. The molecule has 8 heteroatoms. The number of hydrogen-bond acceptors (Lipinski definition) is 5. The molecule has 0 atom stereocenters. The van der Waals surface area contributed by atoms with E-state index in [4.69, 9.17) is 4.42 Å². The lowest BCUT2D eigenvalue weighted by atomic mass is 10.1. The molecule has 0 aliphatic heterocycles. The summed E-state index contributed by atoms with van der Waals surface area (Å²) in [4.78, 5) is 26.2. The molecule has 174 valence electrons. The van der Waals surface area contributed by atoms with E-state index in [0.29, 0.717) is 33.5 Å². The fourth-order valence-corrected chi connectivity index (χ4v) is 3.86. The summed E-state index contributed by atoms with van der Waals surface area (Å²) in [5.41, 5.74) is 4.12. The average molecular weight is 466 g/mol. The van der Waals surface area contributed by atoms with Gasteiger partial charge in [0.1, 0.15) is 22.7 Å². The number of rotatable bonds is 5. The van der Waals surface area contributed by atoms with E-state index in [1.807, 2.05) is 25.1 Å². The van der Waals surface area contributed by atoms with E-state index in [1.54, 1.807) is 61.5 Å². The quantitative estimate of drug-likeness (QED) is 0.267. The van der Waals surface area contributed by atoms with Gasteiger partial charge in [-0.3, -0.25) is 14.7 Å². The molecule has 0 radical (unpaired) electrons. The second-order valence-electron chi connectivity index (χ2n) is 8.22. The molecule has 2 aromatic heterocycles. The predicted molar refractivity (Wildman–Crippen MR) is 134 cm³/mol. The molecule has 0 spiro atoms. The molecule has 2 amide bonds. The van der Waals surface area contributed by atoms with E-state index in [2.05, 4.69) is 20.8 Å². The average Bonchev–Trinajstić information content (AvgIpc) is 3.47. The minimum absolute atomic E-state index is 0.0166. The predicted octanol–water partition coefficient (Wildman–Crippen LogP) is 5.65. The second-order valence-corrected chi connectivity index (χ2v) is 8.22. The fourth-order valence-electron chi connectivity index (χ4n) is 3.86. The number of fused-ring (bicyclic) bond motifs is 1. The van der Waals surface area contributed by atoms with Crippen molar-refractivity contribution in [3.05, 3.63) is 95.4 Å². The van der Waals surface area contributed by atoms with E-state index in [9.17, 15) is 14.7 Å². The van der Waals surface area contributed by atoms with E-state index in [0.717, 1.165) is 5.56 Å². The van der Waals surface area contributed by atoms with Crippen LogP contribution < -0.4 is 10.6 Å². The van der Waals surface area contributed by atoms with Gasteiger partial charge in [0.15, 0.2) is 0 Å². The van der Waals surface area contributed by atoms with E-state index < -0.39 is 11.8 Å². The lowest BCUT2D eigenvalue weighted by Crippen LogP contribution is -2.17. The number of aryl methyl sites for hydroxylation is 2. The molecule has 5 rings (SSSR count). The highest BCUT2D eigenvalue weighted by molar-refractivity contribution is 6.16. The Hall–Kier alpha value is -4.85. The number of para-hydroxylation sites is 2. The maximum Gasteiger partial charge on any atom is 0.293 e. The summed E-state index contributed by atoms with van der Waals surface area (Å²) in [5, 5.41) is 23.4. The molecule has 0 saturated carbocycles. The maximum absolute atomic E-state index is 13.1. The summed E-state index contributed by atoms with van der Waals surface area (Å²) in [5.74, 6) is -0.914. The molecule has 4 N–H and O–H groups in total. The first-order chi connectivity index (χ1) is 16.9. The first-order valence-corrected chi connectivity index (χ1v) is 11.0. The van der Waals surface area contributed by atoms with Crippen LogP contribution in [0.4, 0.5) is 11.4 Å². The third kappa shape index (κ3) is 4.24. The zero-order chi connectivity index (χ0) is 24.5. The van der Waals surface area contributed by atoms with Gasteiger partial charge in [-0.15, -0.1) is 0 Å². The van der Waals surface area contributed by atoms with Crippen LogP contribution in [0, 0.1) is 13.8 Å². The summed E-state index contributed by atoms with van der Waals surface area (Å²) in [6.45, 7) is 3.71. The number of hydrogen-bond donors (Lipinski definition) is 4. The van der Waals surface area contributed by atoms with Crippen molar-refractivity contribution < 1.29 is 19.1 Å². The molecule has 0 saturated heterocycles. The highest BCUT2D eigenvalue weighted by atomic mass is 16.3. The molecular formula is C27H22N4O4. The smallest absolute Gasteiger partial charge is 0.293 e. The van der Waals surface area contributed by atoms with Crippen LogP contribution in [0.3, 0.4) is 0 Å². The maximum atomic E-state index is 13.1. The zero-order valence-electron chi connectivity index (χ0n) is 19.0. The number of aromatic nitrogens is 2. The Balaban J connectivity index is 1.46. The first-order valence-electron chi connectivity index (χ1n) is 11.0. The fraction of sp³-hybridized carbons (Fsp3) is 0.0741. The van der Waals surface area contributed by atoms with Crippen molar-refractivity contribution >= 4 is 34.2 Å². The molecule has 0 fully saturated rings. The molecule has 8 nitrogen and oxygen atoms in total. The van der Waals surface area contributed by atoms with E-state index >= 15 is 0 Å². The van der Waals surface area contributed by atoms with Gasteiger partial charge in [0.25, 0.3) is 11.8 Å². The molecule has 3 aromatic carbocycles. The van der Waals surface area contributed by atoms with Crippen LogP contribution in [0.15, 0.2) is 77.2 Å². The Kier molecular flexibility index (Phi) is 5.54. The Morgan fingerprint density at radius 2 is 1.71 bits per heavy atom. The third-order valence-corrected chi connectivity index (χ3v) is 5.65. The Morgan fingerprint density at radius 1 is 0.914 bits per heavy atom. The number of phenols is 1. The standard InChI is InChI=1S/C27H22N4O4/c1-15-7-5-9-17(13-15)28-27(34)25-23(19-10-3-4-12-22(19)35-25)29-26(33)21-14-20(30-31-21)18-11-6-8-16(2)24(18)32/h3-14,32H,1-2H3,(H,28,34)(H,29,33)(H,30,31). The van der Waals surface area contributed by atoms with Crippen LogP contribution in [-0.4, -0.2) is 27.1 Å². The number of aromatic amines is 1. The molecule has 0 unspecified atom stereocenters. The Labute approximate surface area is 200 Å². The van der Waals surface area contributed by atoms with Crippen molar-refractivity contribution in [1.82, 2.24) is 10.2 Å². The van der Waals surface area contributed by atoms with Crippen LogP contribution in [0.25, 0.3) is 22.2 Å². The molecule has 0 bridgehead atoms. The normalized spacial score (nSPS) is 10.9. The third-order valence-electron chi connectivity index (χ3n) is 5.65. The Bertz CT molecular complexity index is 1580. The molecule has 35 heavy (non-hydrogen) atoms. The summed E-state index contributed by atoms with van der Waals surface area (Å²) in [6.07, 6.45) is 0. The van der Waals surface area contributed by atoms with Gasteiger partial charge >= 0.3 is 0 Å². The number of anilines is 2. The van der Waals surface area contributed by atoms with Crippen LogP contribution >= 0.6 is 0 Å². The molecule has 0 aliphatic rings. The molecule has 0 aliphatic carbocycles. The van der Waals surface area contributed by atoms with Crippen molar-refractivity contribution in [1.29, 1.82) is 0 Å². The number of phenolic OH excluding ortho intramolecular Hbond substituents is 1. The molecule has 2 heterocycles. The largest absolute Gasteiger partial charge is 0.507 e. The highest BCUT2D eigenvalue weighted by Gasteiger charge is 2.24. The second kappa shape index (κ2) is 8.83. The van der Waals surface area contributed by atoms with Crippen LogP contribution in [-0.2, 0) is 0 Å². The van der Waals surface area contributed by atoms with Crippen LogP contribution in [0.2, 0.25) is 0 Å². The zero-order valence-corrected chi connectivity index (χ0v) is 19.0. The van der Waals surface area contributed by atoms with Gasteiger partial charge in [-0.05, 0) is 61.4 Å². The van der Waals surface area contributed by atoms with Gasteiger partial charge in [0, 0.05) is 16.6 Å². The van der Waals surface area contributed by atoms with E-state index in [1.165, 1.54) is 0 Å². The number of nitrogens with one attached hydrogen (secondary N) is 3. The summed E-state index contributed by atoms with van der Waals surface area (Å²) in [7, 11) is 0. The van der Waals surface area contributed by atoms with Crippen LogP contribution in [0.1, 0.15) is 32.2 Å². The number of carbonyl (C=O) groups is 2. The van der Waals surface area contributed by atoms with Crippen molar-refractivity contribution in [2.24, 2.45) is 0 Å². The van der Waals surface area contributed by atoms with Gasteiger partial charge in [0.05, 0.1) is 5.69 Å². The number of furan rings is 1. The lowest BCUT2D eigenvalue weighted by molar-refractivity contribution is 0.0999. The van der Waals surface area contributed by atoms with E-state index in [-0.39, 0.29) is 22.9 Å². The van der Waals surface area contributed by atoms with Crippen LogP contribution in [0.5, 0.6) is 5.75 Å². The van der Waals surface area contributed by atoms with Crippen molar-refractivity contribution in [3.8, 4) is 17.0 Å². The number of carbonyl (C=O) groups excluding carboxylic acids is 2. The number of H-pyrrole nitrogens is 1.